The van der Waals surface area contributed by atoms with Crippen LogP contribution in [0.2, 0.25) is 0 Å². The van der Waals surface area contributed by atoms with Gasteiger partial charge in [-0.1, -0.05) is 41.6 Å². The van der Waals surface area contributed by atoms with Crippen molar-refractivity contribution in [2.45, 2.75) is 32.4 Å². The predicted octanol–water partition coefficient (Wildman–Crippen LogP) is 4.15. The number of aliphatic carboxylic acids is 1. The number of carbonyl (C=O) groups is 2. The zero-order valence-corrected chi connectivity index (χ0v) is 18.7. The number of amides is 1. The fourth-order valence-electron chi connectivity index (χ4n) is 3.26. The number of hydrogen-bond acceptors (Lipinski definition) is 6. The summed E-state index contributed by atoms with van der Waals surface area (Å²) in [5, 5.41) is 17.2. The van der Waals surface area contributed by atoms with Crippen LogP contribution in [-0.2, 0) is 9.59 Å². The van der Waals surface area contributed by atoms with E-state index in [1.165, 1.54) is 4.90 Å². The molecule has 2 aromatic carbocycles. The number of thioether (sulfide) groups is 1. The lowest BCUT2D eigenvalue weighted by Gasteiger charge is -2.20. The first kappa shape index (κ1) is 22.6. The Morgan fingerprint density at radius 1 is 1.13 bits per heavy atom. The van der Waals surface area contributed by atoms with Gasteiger partial charge in [0.15, 0.2) is 5.17 Å². The number of nitrogens with zero attached hydrogens (tertiary/aromatic N) is 4. The summed E-state index contributed by atoms with van der Waals surface area (Å²) in [5.41, 5.74) is 3.74. The van der Waals surface area contributed by atoms with Gasteiger partial charge in [-0.2, -0.15) is 5.10 Å². The Morgan fingerprint density at radius 2 is 1.77 bits per heavy atom. The number of hydrogen-bond donors (Lipinski definition) is 1. The van der Waals surface area contributed by atoms with Crippen LogP contribution in [0.15, 0.2) is 58.7 Å². The van der Waals surface area contributed by atoms with Gasteiger partial charge in [-0.15, -0.1) is 5.10 Å². The van der Waals surface area contributed by atoms with Crippen LogP contribution < -0.4 is 9.80 Å². The molecule has 1 saturated heterocycles. The summed E-state index contributed by atoms with van der Waals surface area (Å²) >= 11 is 1.13. The number of aryl methyl sites for hydroxylation is 1. The molecule has 0 saturated carbocycles. The van der Waals surface area contributed by atoms with E-state index < -0.39 is 11.2 Å². The Balaban J connectivity index is 1.82. The minimum Gasteiger partial charge on any atom is -0.481 e. The molecule has 0 spiro atoms. The van der Waals surface area contributed by atoms with Gasteiger partial charge in [0.05, 0.1) is 18.3 Å². The molecule has 3 rings (SSSR count). The monoisotopic (exact) mass is 438 g/mol. The predicted molar refractivity (Wildman–Crippen MR) is 127 cm³/mol. The largest absolute Gasteiger partial charge is 0.481 e. The average Bonchev–Trinajstić information content (AvgIpc) is 3.05. The van der Waals surface area contributed by atoms with Crippen molar-refractivity contribution in [2.24, 2.45) is 10.2 Å². The van der Waals surface area contributed by atoms with E-state index in [2.05, 4.69) is 29.0 Å². The van der Waals surface area contributed by atoms with Crippen molar-refractivity contribution in [3.05, 3.63) is 59.7 Å². The third-order valence-corrected chi connectivity index (χ3v) is 6.09. The normalized spacial score (nSPS) is 17.6. The van der Waals surface area contributed by atoms with Crippen molar-refractivity contribution in [3.63, 3.8) is 0 Å². The van der Waals surface area contributed by atoms with Crippen LogP contribution in [0.5, 0.6) is 0 Å². The number of carboxylic acids is 1. The van der Waals surface area contributed by atoms with Crippen LogP contribution in [0.3, 0.4) is 0 Å². The molecule has 1 aliphatic rings. The van der Waals surface area contributed by atoms with Gasteiger partial charge in [0.25, 0.3) is 0 Å². The number of rotatable bonds is 8. The van der Waals surface area contributed by atoms with E-state index in [9.17, 15) is 9.59 Å². The molecule has 0 unspecified atom stereocenters. The maximum absolute atomic E-state index is 12.8. The molecule has 0 radical (unpaired) electrons. The summed E-state index contributed by atoms with van der Waals surface area (Å²) in [4.78, 5) is 27.7. The van der Waals surface area contributed by atoms with Gasteiger partial charge in [-0.25, -0.2) is 0 Å². The number of amidine groups is 1. The van der Waals surface area contributed by atoms with Gasteiger partial charge in [-0.05, 0) is 50.6 Å². The molecule has 0 bridgehead atoms. The first-order valence-electron chi connectivity index (χ1n) is 10.2. The molecule has 0 aromatic heterocycles. The molecular formula is C23H26N4O3S. The molecule has 31 heavy (non-hydrogen) atoms. The van der Waals surface area contributed by atoms with Crippen LogP contribution in [-0.4, -0.2) is 46.7 Å². The molecule has 2 aromatic rings. The van der Waals surface area contributed by atoms with Crippen molar-refractivity contribution in [2.75, 3.05) is 22.9 Å². The van der Waals surface area contributed by atoms with Gasteiger partial charge in [0, 0.05) is 18.8 Å². The van der Waals surface area contributed by atoms with Gasteiger partial charge in [-0.3, -0.25) is 14.5 Å². The molecule has 1 atom stereocenters. The highest BCUT2D eigenvalue weighted by atomic mass is 32.2. The molecule has 162 valence electrons. The van der Waals surface area contributed by atoms with E-state index >= 15 is 0 Å². The lowest BCUT2D eigenvalue weighted by atomic mass is 10.2. The second-order valence-corrected chi connectivity index (χ2v) is 8.27. The summed E-state index contributed by atoms with van der Waals surface area (Å²) in [6, 6.07) is 15.5. The minimum atomic E-state index is -1.02. The minimum absolute atomic E-state index is 0.262. The molecular weight excluding hydrogens is 412 g/mol. The number of carbonyl (C=O) groups excluding carboxylic acids is 1. The van der Waals surface area contributed by atoms with E-state index in [1.54, 1.807) is 6.21 Å². The second-order valence-electron chi connectivity index (χ2n) is 7.10. The van der Waals surface area contributed by atoms with E-state index in [1.807, 2.05) is 55.5 Å². The third kappa shape index (κ3) is 5.52. The van der Waals surface area contributed by atoms with Gasteiger partial charge >= 0.3 is 5.97 Å². The summed E-state index contributed by atoms with van der Waals surface area (Å²) < 4.78 is 0. The number of carboxylic acid groups (broad SMARTS) is 1. The molecule has 1 amide bonds. The third-order valence-electron chi connectivity index (χ3n) is 4.96. The van der Waals surface area contributed by atoms with Crippen molar-refractivity contribution < 1.29 is 14.7 Å². The zero-order chi connectivity index (χ0) is 22.4. The lowest BCUT2D eigenvalue weighted by molar-refractivity contribution is -0.138. The molecule has 1 N–H and O–H groups in total. The van der Waals surface area contributed by atoms with Gasteiger partial charge in [0.1, 0.15) is 5.25 Å². The van der Waals surface area contributed by atoms with Gasteiger partial charge in [0.2, 0.25) is 5.91 Å². The van der Waals surface area contributed by atoms with Crippen LogP contribution in [0.1, 0.15) is 31.4 Å². The Labute approximate surface area is 186 Å². The van der Waals surface area contributed by atoms with E-state index in [0.29, 0.717) is 10.9 Å². The lowest BCUT2D eigenvalue weighted by Crippen LogP contribution is -2.32. The van der Waals surface area contributed by atoms with Crippen LogP contribution in [0.4, 0.5) is 11.4 Å². The van der Waals surface area contributed by atoms with E-state index in [4.69, 9.17) is 5.11 Å². The first-order valence-corrected chi connectivity index (χ1v) is 11.1. The highest BCUT2D eigenvalue weighted by Gasteiger charge is 2.40. The van der Waals surface area contributed by atoms with Crippen molar-refractivity contribution in [1.29, 1.82) is 0 Å². The summed E-state index contributed by atoms with van der Waals surface area (Å²) in [6.07, 6.45) is 1.36. The quantitative estimate of drug-likeness (QED) is 0.494. The van der Waals surface area contributed by atoms with Crippen molar-refractivity contribution >= 4 is 46.4 Å². The Morgan fingerprint density at radius 3 is 2.35 bits per heavy atom. The first-order chi connectivity index (χ1) is 14.9. The van der Waals surface area contributed by atoms with Gasteiger partial charge < -0.3 is 10.0 Å². The SMILES string of the molecule is CCN(CC)c1ccc(/C=N\N=C2/S[C@@H](CC(=O)O)C(=O)N2c2ccc(C)cc2)cc1. The highest BCUT2D eigenvalue weighted by Crippen LogP contribution is 2.33. The maximum Gasteiger partial charge on any atom is 0.305 e. The highest BCUT2D eigenvalue weighted by molar-refractivity contribution is 8.16. The Kier molecular flexibility index (Phi) is 7.46. The second kappa shape index (κ2) is 10.3. The number of anilines is 2. The van der Waals surface area contributed by atoms with Crippen LogP contribution in [0.25, 0.3) is 0 Å². The molecule has 8 heteroatoms. The van der Waals surface area contributed by atoms with Crippen LogP contribution in [0, 0.1) is 6.92 Å². The fraction of sp³-hybridized carbons (Fsp3) is 0.304. The summed E-state index contributed by atoms with van der Waals surface area (Å²) in [6.45, 7) is 8.08. The molecule has 7 nitrogen and oxygen atoms in total. The fourth-order valence-corrected chi connectivity index (χ4v) is 4.34. The summed E-state index contributed by atoms with van der Waals surface area (Å²) in [7, 11) is 0. The standard InChI is InChI=1S/C23H26N4O3S/c1-4-26(5-2)18-12-8-17(9-13-18)15-24-25-23-27(19-10-6-16(3)7-11-19)22(30)20(31-23)14-21(28)29/h6-13,15,20H,4-5,14H2,1-3H3,(H,28,29)/b24-15-,25-23-/t20-/m0/s1. The smallest absolute Gasteiger partial charge is 0.305 e. The van der Waals surface area contributed by atoms with E-state index in [0.717, 1.165) is 41.7 Å². The van der Waals surface area contributed by atoms with Crippen LogP contribution >= 0.6 is 11.8 Å². The Hall–Kier alpha value is -3.13. The zero-order valence-electron chi connectivity index (χ0n) is 17.9. The molecule has 1 heterocycles. The Bertz CT molecular complexity index is 983. The average molecular weight is 439 g/mol. The van der Waals surface area contributed by atoms with Crippen molar-refractivity contribution in [3.8, 4) is 0 Å². The summed E-state index contributed by atoms with van der Waals surface area (Å²) in [5.74, 6) is -1.32. The molecule has 0 aliphatic carbocycles. The molecule has 1 aliphatic heterocycles. The number of benzene rings is 2. The molecule has 1 fully saturated rings. The topological polar surface area (TPSA) is 85.6 Å². The maximum atomic E-state index is 12.8. The van der Waals surface area contributed by atoms with E-state index in [-0.39, 0.29) is 12.3 Å². The van der Waals surface area contributed by atoms with Crippen molar-refractivity contribution in [1.82, 2.24) is 0 Å².